The van der Waals surface area contributed by atoms with Crippen LogP contribution in [-0.2, 0) is 13.5 Å². The molecule has 2 aromatic rings. The van der Waals surface area contributed by atoms with Crippen molar-refractivity contribution >= 4 is 15.9 Å². The molecule has 0 fully saturated rings. The number of hydrogen-bond acceptors (Lipinski definition) is 5. The van der Waals surface area contributed by atoms with Crippen LogP contribution in [0.2, 0.25) is 0 Å². The molecule has 19 heavy (non-hydrogen) atoms. The topological polar surface area (TPSA) is 78.0 Å². The molecule has 1 heterocycles. The molecule has 0 saturated carbocycles. The molecule has 0 spiro atoms. The first-order valence-electron chi connectivity index (χ1n) is 5.78. The number of aryl methyl sites for hydroxylation is 1. The van der Waals surface area contributed by atoms with Crippen molar-refractivity contribution in [3.8, 4) is 5.75 Å². The van der Waals surface area contributed by atoms with Crippen molar-refractivity contribution in [1.82, 2.24) is 20.2 Å². The molecule has 0 aliphatic heterocycles. The Kier molecular flexibility index (Phi) is 4.52. The summed E-state index contributed by atoms with van der Waals surface area (Å²) >= 11 is 3.47. The van der Waals surface area contributed by atoms with E-state index >= 15 is 0 Å². The van der Waals surface area contributed by atoms with Crippen LogP contribution in [0.3, 0.4) is 0 Å². The molecule has 0 aliphatic rings. The van der Waals surface area contributed by atoms with Crippen molar-refractivity contribution in [2.24, 2.45) is 12.9 Å². The van der Waals surface area contributed by atoms with E-state index in [9.17, 15) is 0 Å². The summed E-state index contributed by atoms with van der Waals surface area (Å²) in [5, 5.41) is 4.05. The molecule has 1 aromatic heterocycles. The molecular formula is C12H16BrN5O. The van der Waals surface area contributed by atoms with E-state index in [0.717, 1.165) is 21.6 Å². The van der Waals surface area contributed by atoms with Crippen LogP contribution in [-0.4, -0.2) is 21.9 Å². The van der Waals surface area contributed by atoms with Gasteiger partial charge in [-0.2, -0.15) is 5.10 Å². The Labute approximate surface area is 120 Å². The predicted octanol–water partition coefficient (Wildman–Crippen LogP) is 1.33. The SMILES string of the molecule is COc1ccc(C(Cc2ncnn2C)NN)cc1Br. The van der Waals surface area contributed by atoms with Crippen LogP contribution in [0.15, 0.2) is 29.0 Å². The van der Waals surface area contributed by atoms with Gasteiger partial charge in [0, 0.05) is 13.5 Å². The van der Waals surface area contributed by atoms with Gasteiger partial charge in [-0.1, -0.05) is 6.07 Å². The highest BCUT2D eigenvalue weighted by molar-refractivity contribution is 9.10. The van der Waals surface area contributed by atoms with Crippen LogP contribution >= 0.6 is 15.9 Å². The fourth-order valence-corrected chi connectivity index (χ4v) is 2.42. The monoisotopic (exact) mass is 325 g/mol. The van der Waals surface area contributed by atoms with Crippen molar-refractivity contribution in [3.05, 3.63) is 40.4 Å². The number of nitrogens with zero attached hydrogens (tertiary/aromatic N) is 3. The average molecular weight is 326 g/mol. The number of aromatic nitrogens is 3. The number of hydrogen-bond donors (Lipinski definition) is 2. The zero-order valence-corrected chi connectivity index (χ0v) is 12.4. The van der Waals surface area contributed by atoms with Gasteiger partial charge in [-0.15, -0.1) is 0 Å². The molecule has 0 aliphatic carbocycles. The van der Waals surface area contributed by atoms with Gasteiger partial charge in [-0.25, -0.2) is 4.98 Å². The Morgan fingerprint density at radius 2 is 2.32 bits per heavy atom. The minimum Gasteiger partial charge on any atom is -0.496 e. The third-order valence-corrected chi connectivity index (χ3v) is 3.59. The second-order valence-corrected chi connectivity index (χ2v) is 4.97. The second kappa shape index (κ2) is 6.14. The van der Waals surface area contributed by atoms with Crippen LogP contribution in [0.5, 0.6) is 5.75 Å². The fourth-order valence-electron chi connectivity index (χ4n) is 1.86. The molecule has 102 valence electrons. The highest BCUT2D eigenvalue weighted by atomic mass is 79.9. The van der Waals surface area contributed by atoms with Crippen LogP contribution in [0.1, 0.15) is 17.4 Å². The Morgan fingerprint density at radius 1 is 1.53 bits per heavy atom. The van der Waals surface area contributed by atoms with Gasteiger partial charge < -0.3 is 4.74 Å². The zero-order chi connectivity index (χ0) is 13.8. The van der Waals surface area contributed by atoms with E-state index in [1.54, 1.807) is 11.8 Å². The Morgan fingerprint density at radius 3 is 2.84 bits per heavy atom. The number of benzene rings is 1. The number of methoxy groups -OCH3 is 1. The van der Waals surface area contributed by atoms with Crippen molar-refractivity contribution in [3.63, 3.8) is 0 Å². The number of rotatable bonds is 5. The maximum Gasteiger partial charge on any atom is 0.138 e. The first kappa shape index (κ1) is 14.0. The van der Waals surface area contributed by atoms with Crippen LogP contribution < -0.4 is 16.0 Å². The molecule has 1 aromatic carbocycles. The van der Waals surface area contributed by atoms with E-state index in [1.165, 1.54) is 6.33 Å². The zero-order valence-electron chi connectivity index (χ0n) is 10.8. The normalized spacial score (nSPS) is 12.4. The number of halogens is 1. The third-order valence-electron chi connectivity index (χ3n) is 2.97. The first-order valence-corrected chi connectivity index (χ1v) is 6.57. The molecule has 2 rings (SSSR count). The third kappa shape index (κ3) is 3.12. The Balaban J connectivity index is 2.22. The Hall–Kier alpha value is -1.44. The Bertz CT molecular complexity index is 557. The van der Waals surface area contributed by atoms with Gasteiger partial charge in [0.25, 0.3) is 0 Å². The number of ether oxygens (including phenoxy) is 1. The minimum atomic E-state index is -0.0369. The predicted molar refractivity (Wildman–Crippen MR) is 75.5 cm³/mol. The summed E-state index contributed by atoms with van der Waals surface area (Å²) in [5.74, 6) is 7.30. The van der Waals surface area contributed by atoms with Crippen molar-refractivity contribution in [2.45, 2.75) is 12.5 Å². The number of nitrogens with one attached hydrogen (secondary N) is 1. The molecule has 7 heteroatoms. The molecule has 1 atom stereocenters. The summed E-state index contributed by atoms with van der Waals surface area (Å²) < 4.78 is 7.85. The molecule has 0 bridgehead atoms. The van der Waals surface area contributed by atoms with E-state index in [-0.39, 0.29) is 6.04 Å². The van der Waals surface area contributed by atoms with Gasteiger partial charge >= 0.3 is 0 Å². The highest BCUT2D eigenvalue weighted by Gasteiger charge is 2.15. The molecule has 0 amide bonds. The summed E-state index contributed by atoms with van der Waals surface area (Å²) in [4.78, 5) is 4.21. The summed E-state index contributed by atoms with van der Waals surface area (Å²) in [6, 6.07) is 5.83. The number of hydrazine groups is 1. The largest absolute Gasteiger partial charge is 0.496 e. The summed E-state index contributed by atoms with van der Waals surface area (Å²) in [6.07, 6.45) is 2.19. The molecule has 3 N–H and O–H groups in total. The van der Waals surface area contributed by atoms with Gasteiger partial charge in [0.15, 0.2) is 0 Å². The summed E-state index contributed by atoms with van der Waals surface area (Å²) in [6.45, 7) is 0. The number of nitrogens with two attached hydrogens (primary N) is 1. The standard InChI is InChI=1S/C12H16BrN5O/c1-18-12(15-7-16-18)6-10(17-14)8-3-4-11(19-2)9(13)5-8/h3-5,7,10,17H,6,14H2,1-2H3. The van der Waals surface area contributed by atoms with E-state index in [0.29, 0.717) is 6.42 Å². The molecular weight excluding hydrogens is 310 g/mol. The summed E-state index contributed by atoms with van der Waals surface area (Å²) in [7, 11) is 3.50. The fraction of sp³-hybridized carbons (Fsp3) is 0.333. The van der Waals surface area contributed by atoms with Crippen LogP contribution in [0.4, 0.5) is 0 Å². The lowest BCUT2D eigenvalue weighted by atomic mass is 10.0. The quantitative estimate of drug-likeness (QED) is 0.640. The average Bonchev–Trinajstić information content (AvgIpc) is 2.81. The van der Waals surface area contributed by atoms with E-state index in [2.05, 4.69) is 31.4 Å². The first-order chi connectivity index (χ1) is 9.15. The van der Waals surface area contributed by atoms with Gasteiger partial charge in [-0.3, -0.25) is 16.0 Å². The summed E-state index contributed by atoms with van der Waals surface area (Å²) in [5.41, 5.74) is 3.86. The van der Waals surface area contributed by atoms with Crippen LogP contribution in [0, 0.1) is 0 Å². The lowest BCUT2D eigenvalue weighted by Gasteiger charge is -2.17. The maximum absolute atomic E-state index is 5.64. The molecule has 0 radical (unpaired) electrons. The van der Waals surface area contributed by atoms with E-state index in [4.69, 9.17) is 10.6 Å². The molecule has 6 nitrogen and oxygen atoms in total. The molecule has 1 unspecified atom stereocenters. The van der Waals surface area contributed by atoms with E-state index in [1.807, 2.05) is 25.2 Å². The van der Waals surface area contributed by atoms with Crippen LogP contribution in [0.25, 0.3) is 0 Å². The van der Waals surface area contributed by atoms with Gasteiger partial charge in [0.1, 0.15) is 17.9 Å². The lowest BCUT2D eigenvalue weighted by molar-refractivity contribution is 0.411. The highest BCUT2D eigenvalue weighted by Crippen LogP contribution is 2.28. The van der Waals surface area contributed by atoms with Gasteiger partial charge in [0.05, 0.1) is 17.6 Å². The maximum atomic E-state index is 5.64. The van der Waals surface area contributed by atoms with Crippen molar-refractivity contribution < 1.29 is 4.74 Å². The smallest absolute Gasteiger partial charge is 0.138 e. The second-order valence-electron chi connectivity index (χ2n) is 4.12. The van der Waals surface area contributed by atoms with Crippen molar-refractivity contribution in [1.29, 1.82) is 0 Å². The van der Waals surface area contributed by atoms with Gasteiger partial charge in [0.2, 0.25) is 0 Å². The van der Waals surface area contributed by atoms with E-state index < -0.39 is 0 Å². The minimum absolute atomic E-state index is 0.0369. The van der Waals surface area contributed by atoms with Gasteiger partial charge in [-0.05, 0) is 33.6 Å². The van der Waals surface area contributed by atoms with Crippen molar-refractivity contribution in [2.75, 3.05) is 7.11 Å². The molecule has 0 saturated heterocycles. The lowest BCUT2D eigenvalue weighted by Crippen LogP contribution is -2.30.